The molecule has 1 fully saturated rings. The van der Waals surface area contributed by atoms with Gasteiger partial charge in [0.15, 0.2) is 11.5 Å². The summed E-state index contributed by atoms with van der Waals surface area (Å²) in [7, 11) is 0. The third-order valence-electron chi connectivity index (χ3n) is 6.90. The highest BCUT2D eigenvalue weighted by Gasteiger charge is 2.27. The number of piperidine rings is 1. The number of fused-ring (bicyclic) bond motifs is 2. The van der Waals surface area contributed by atoms with Crippen LogP contribution < -0.4 is 19.5 Å². The van der Waals surface area contributed by atoms with E-state index in [1.54, 1.807) is 0 Å². The van der Waals surface area contributed by atoms with Gasteiger partial charge in [0.2, 0.25) is 6.79 Å². The molecule has 2 aliphatic rings. The zero-order valence-electron chi connectivity index (χ0n) is 19.9. The van der Waals surface area contributed by atoms with E-state index in [0.29, 0.717) is 13.2 Å². The Morgan fingerprint density at radius 3 is 2.64 bits per heavy atom. The average Bonchev–Trinajstić information content (AvgIpc) is 3.39. The first-order valence-corrected chi connectivity index (χ1v) is 12.3. The Bertz CT molecular complexity index is 1360. The van der Waals surface area contributed by atoms with E-state index < -0.39 is 0 Å². The topological polar surface area (TPSA) is 49.0 Å². The predicted octanol–water partition coefficient (Wildman–Crippen LogP) is 5.95. The van der Waals surface area contributed by atoms with Crippen molar-refractivity contribution in [2.45, 2.75) is 31.7 Å². The van der Waals surface area contributed by atoms with E-state index in [4.69, 9.17) is 18.9 Å². The average molecular weight is 486 g/mol. The highest BCUT2D eigenvalue weighted by atomic mass is 19.1. The number of nitrogens with one attached hydrogen (secondary N) is 1. The second-order valence-corrected chi connectivity index (χ2v) is 9.29. The van der Waals surface area contributed by atoms with Gasteiger partial charge in [-0.25, -0.2) is 4.39 Å². The van der Waals surface area contributed by atoms with Gasteiger partial charge in [0.1, 0.15) is 18.2 Å². The lowest BCUT2D eigenvalue weighted by Gasteiger charge is -2.32. The van der Waals surface area contributed by atoms with Gasteiger partial charge < -0.3 is 24.3 Å². The third kappa shape index (κ3) is 4.87. The summed E-state index contributed by atoms with van der Waals surface area (Å²) >= 11 is 0. The van der Waals surface area contributed by atoms with Crippen molar-refractivity contribution >= 4 is 10.8 Å². The summed E-state index contributed by atoms with van der Waals surface area (Å²) in [6.45, 7) is 2.84. The van der Waals surface area contributed by atoms with Crippen molar-refractivity contribution in [1.29, 1.82) is 0 Å². The van der Waals surface area contributed by atoms with Crippen molar-refractivity contribution in [2.75, 3.05) is 19.9 Å². The van der Waals surface area contributed by atoms with E-state index >= 15 is 0 Å². The quantitative estimate of drug-likeness (QED) is 0.351. The first kappa shape index (κ1) is 22.8. The van der Waals surface area contributed by atoms with Crippen molar-refractivity contribution in [1.82, 2.24) is 5.32 Å². The molecule has 4 aromatic rings. The van der Waals surface area contributed by atoms with Gasteiger partial charge in [0.05, 0.1) is 12.7 Å². The van der Waals surface area contributed by atoms with Gasteiger partial charge in [-0.1, -0.05) is 42.5 Å². The SMILES string of the molecule is Fc1ccc(C2CCNCC2OCc2cc(OCc3ccc4c(c3)OCO4)c3ccccc3c2)cc1. The zero-order chi connectivity index (χ0) is 24.3. The second kappa shape index (κ2) is 10.2. The van der Waals surface area contributed by atoms with Crippen LogP contribution in [0.3, 0.4) is 0 Å². The third-order valence-corrected chi connectivity index (χ3v) is 6.90. The number of ether oxygens (including phenoxy) is 4. The lowest BCUT2D eigenvalue weighted by atomic mass is 9.88. The lowest BCUT2D eigenvalue weighted by Crippen LogP contribution is -2.40. The fourth-order valence-electron chi connectivity index (χ4n) is 5.03. The number of halogens is 1. The normalized spacial score (nSPS) is 18.9. The standard InChI is InChI=1S/C30H28FNO4/c31-24-8-6-22(7-9-24)26-11-12-32-16-30(26)34-18-21-13-23-3-1-2-4-25(23)28(15-21)33-17-20-5-10-27-29(14-20)36-19-35-27/h1-10,13-15,26,30,32H,11-12,16-19H2. The molecule has 1 N–H and O–H groups in total. The first-order chi connectivity index (χ1) is 17.7. The van der Waals surface area contributed by atoms with Gasteiger partial charge >= 0.3 is 0 Å². The molecule has 4 aromatic carbocycles. The molecule has 0 aliphatic carbocycles. The van der Waals surface area contributed by atoms with Crippen LogP contribution >= 0.6 is 0 Å². The molecule has 1 saturated heterocycles. The summed E-state index contributed by atoms with van der Waals surface area (Å²) in [5.41, 5.74) is 3.19. The van der Waals surface area contributed by atoms with Crippen LogP contribution in [0.15, 0.2) is 78.9 Å². The highest BCUT2D eigenvalue weighted by Crippen LogP contribution is 2.34. The highest BCUT2D eigenvalue weighted by molar-refractivity contribution is 5.89. The molecule has 0 aromatic heterocycles. The molecule has 2 heterocycles. The van der Waals surface area contributed by atoms with Gasteiger partial charge in [-0.3, -0.25) is 0 Å². The minimum absolute atomic E-state index is 0.00804. The molecule has 5 nitrogen and oxygen atoms in total. The molecule has 0 bridgehead atoms. The Balaban J connectivity index is 1.20. The molecule has 184 valence electrons. The smallest absolute Gasteiger partial charge is 0.231 e. The van der Waals surface area contributed by atoms with E-state index in [2.05, 4.69) is 29.6 Å². The minimum atomic E-state index is -0.213. The molecule has 6 heteroatoms. The number of benzene rings is 4. The van der Waals surface area contributed by atoms with Gasteiger partial charge in [0, 0.05) is 17.8 Å². The van der Waals surface area contributed by atoms with Gasteiger partial charge in [-0.05, 0) is 71.4 Å². The summed E-state index contributed by atoms with van der Waals surface area (Å²) in [5, 5.41) is 5.60. The molecule has 0 amide bonds. The van der Waals surface area contributed by atoms with Crippen molar-refractivity contribution in [3.63, 3.8) is 0 Å². The fraction of sp³-hybridized carbons (Fsp3) is 0.267. The van der Waals surface area contributed by atoms with E-state index in [1.165, 1.54) is 12.1 Å². The first-order valence-electron chi connectivity index (χ1n) is 12.3. The molecule has 2 unspecified atom stereocenters. The Kier molecular flexibility index (Phi) is 6.45. The van der Waals surface area contributed by atoms with Crippen LogP contribution in [0.4, 0.5) is 4.39 Å². The summed E-state index contributed by atoms with van der Waals surface area (Å²) in [5.74, 6) is 2.35. The molecule has 0 saturated carbocycles. The van der Waals surface area contributed by atoms with Crippen molar-refractivity contribution in [3.05, 3.63) is 101 Å². The fourth-order valence-corrected chi connectivity index (χ4v) is 5.03. The summed E-state index contributed by atoms with van der Waals surface area (Å²) in [6.07, 6.45) is 0.964. The van der Waals surface area contributed by atoms with Gasteiger partial charge in [-0.15, -0.1) is 0 Å². The summed E-state index contributed by atoms with van der Waals surface area (Å²) in [6, 6.07) is 25.1. The monoisotopic (exact) mass is 485 g/mol. The summed E-state index contributed by atoms with van der Waals surface area (Å²) < 4.78 is 37.1. The molecule has 0 radical (unpaired) electrons. The number of rotatable bonds is 7. The number of hydrogen-bond donors (Lipinski definition) is 1. The zero-order valence-corrected chi connectivity index (χ0v) is 19.9. The van der Waals surface area contributed by atoms with Crippen molar-refractivity contribution < 1.29 is 23.3 Å². The van der Waals surface area contributed by atoms with Crippen LogP contribution in [0.25, 0.3) is 10.8 Å². The Labute approximate surface area is 209 Å². The van der Waals surface area contributed by atoms with E-state index in [-0.39, 0.29) is 24.6 Å². The maximum absolute atomic E-state index is 13.4. The lowest BCUT2D eigenvalue weighted by molar-refractivity contribution is 0.0106. The molecule has 36 heavy (non-hydrogen) atoms. The maximum Gasteiger partial charge on any atom is 0.231 e. The van der Waals surface area contributed by atoms with Crippen LogP contribution in [-0.4, -0.2) is 26.0 Å². The van der Waals surface area contributed by atoms with E-state index in [1.807, 2.05) is 42.5 Å². The Hall–Kier alpha value is -3.61. The van der Waals surface area contributed by atoms with Crippen LogP contribution in [0, 0.1) is 5.82 Å². The van der Waals surface area contributed by atoms with E-state index in [9.17, 15) is 4.39 Å². The Morgan fingerprint density at radius 1 is 0.861 bits per heavy atom. The van der Waals surface area contributed by atoms with E-state index in [0.717, 1.165) is 64.2 Å². The van der Waals surface area contributed by atoms with Gasteiger partial charge in [-0.2, -0.15) is 0 Å². The molecule has 2 atom stereocenters. The van der Waals surface area contributed by atoms with Crippen molar-refractivity contribution in [3.8, 4) is 17.2 Å². The largest absolute Gasteiger partial charge is 0.488 e. The van der Waals surface area contributed by atoms with Crippen molar-refractivity contribution in [2.24, 2.45) is 0 Å². The molecular formula is C30H28FNO4. The number of hydrogen-bond acceptors (Lipinski definition) is 5. The second-order valence-electron chi connectivity index (χ2n) is 9.29. The van der Waals surface area contributed by atoms with Crippen LogP contribution in [0.2, 0.25) is 0 Å². The van der Waals surface area contributed by atoms with Gasteiger partial charge in [0.25, 0.3) is 0 Å². The Morgan fingerprint density at radius 2 is 1.72 bits per heavy atom. The molecule has 6 rings (SSSR count). The predicted molar refractivity (Wildman–Crippen MR) is 136 cm³/mol. The van der Waals surface area contributed by atoms with Crippen LogP contribution in [0.1, 0.15) is 29.0 Å². The molecule has 0 spiro atoms. The van der Waals surface area contributed by atoms with Crippen LogP contribution in [0.5, 0.6) is 17.2 Å². The maximum atomic E-state index is 13.4. The minimum Gasteiger partial charge on any atom is -0.488 e. The summed E-state index contributed by atoms with van der Waals surface area (Å²) in [4.78, 5) is 0. The van der Waals surface area contributed by atoms with Crippen LogP contribution in [-0.2, 0) is 18.0 Å². The molecule has 2 aliphatic heterocycles. The molecular weight excluding hydrogens is 457 g/mol.